The number of nitro groups is 1. The Hall–Kier alpha value is -2.31. The number of rotatable bonds is 6. The van der Waals surface area contributed by atoms with Gasteiger partial charge < -0.3 is 15.2 Å². The maximum absolute atomic E-state index is 11.0. The van der Waals surface area contributed by atoms with Crippen LogP contribution in [0.15, 0.2) is 36.4 Å². The third-order valence-corrected chi connectivity index (χ3v) is 3.43. The smallest absolute Gasteiger partial charge is 0.292 e. The van der Waals surface area contributed by atoms with E-state index in [1.165, 1.54) is 19.2 Å². The summed E-state index contributed by atoms with van der Waals surface area (Å²) in [6.45, 7) is 0.181. The topological polar surface area (TPSA) is 84.6 Å². The Labute approximate surface area is 132 Å². The molecule has 2 aromatic carbocycles. The van der Waals surface area contributed by atoms with Gasteiger partial charge in [-0.1, -0.05) is 17.7 Å². The van der Waals surface area contributed by atoms with Gasteiger partial charge in [-0.05, 0) is 35.4 Å². The van der Waals surface area contributed by atoms with E-state index < -0.39 is 4.92 Å². The number of methoxy groups -OCH3 is 1. The molecule has 0 radical (unpaired) electrons. The summed E-state index contributed by atoms with van der Waals surface area (Å²) in [5.74, 6) is 0.568. The number of nitrogens with one attached hydrogen (secondary N) is 1. The quantitative estimate of drug-likeness (QED) is 0.629. The van der Waals surface area contributed by atoms with E-state index in [0.29, 0.717) is 28.6 Å². The highest BCUT2D eigenvalue weighted by atomic mass is 35.5. The lowest BCUT2D eigenvalue weighted by atomic mass is 10.1. The van der Waals surface area contributed by atoms with Gasteiger partial charge in [0, 0.05) is 12.6 Å². The van der Waals surface area contributed by atoms with Crippen molar-refractivity contribution in [3.8, 4) is 5.75 Å². The van der Waals surface area contributed by atoms with Crippen molar-refractivity contribution >= 4 is 23.0 Å². The second kappa shape index (κ2) is 7.11. The first-order valence-electron chi connectivity index (χ1n) is 6.49. The van der Waals surface area contributed by atoms with Crippen molar-refractivity contribution in [2.75, 3.05) is 12.4 Å². The third kappa shape index (κ3) is 3.66. The highest BCUT2D eigenvalue weighted by Crippen LogP contribution is 2.28. The van der Waals surface area contributed by atoms with E-state index in [0.717, 1.165) is 5.56 Å². The van der Waals surface area contributed by atoms with Gasteiger partial charge >= 0.3 is 0 Å². The van der Waals surface area contributed by atoms with Crippen molar-refractivity contribution in [2.45, 2.75) is 13.2 Å². The monoisotopic (exact) mass is 322 g/mol. The Morgan fingerprint density at radius 2 is 2.00 bits per heavy atom. The first-order chi connectivity index (χ1) is 10.5. The van der Waals surface area contributed by atoms with E-state index in [1.807, 2.05) is 6.07 Å². The number of hydrogen-bond donors (Lipinski definition) is 2. The lowest BCUT2D eigenvalue weighted by Gasteiger charge is -2.10. The largest absolute Gasteiger partial charge is 0.495 e. The van der Waals surface area contributed by atoms with Gasteiger partial charge in [-0.2, -0.15) is 0 Å². The summed E-state index contributed by atoms with van der Waals surface area (Å²) in [7, 11) is 1.53. The van der Waals surface area contributed by atoms with E-state index in [4.69, 9.17) is 21.4 Å². The van der Waals surface area contributed by atoms with Gasteiger partial charge in [-0.25, -0.2) is 0 Å². The number of aliphatic hydroxyl groups is 1. The van der Waals surface area contributed by atoms with Crippen molar-refractivity contribution in [2.24, 2.45) is 0 Å². The zero-order chi connectivity index (χ0) is 16.1. The zero-order valence-corrected chi connectivity index (χ0v) is 12.6. The van der Waals surface area contributed by atoms with E-state index in [9.17, 15) is 10.1 Å². The predicted octanol–water partition coefficient (Wildman–Crippen LogP) is 3.36. The molecule has 2 aromatic rings. The molecule has 0 aliphatic rings. The van der Waals surface area contributed by atoms with Crippen LogP contribution in [0.1, 0.15) is 11.1 Å². The lowest BCUT2D eigenvalue weighted by molar-refractivity contribution is -0.384. The molecule has 0 bridgehead atoms. The van der Waals surface area contributed by atoms with Crippen LogP contribution in [0.3, 0.4) is 0 Å². The maximum Gasteiger partial charge on any atom is 0.292 e. The Morgan fingerprint density at radius 1 is 1.27 bits per heavy atom. The van der Waals surface area contributed by atoms with Crippen LogP contribution in [0.2, 0.25) is 5.02 Å². The molecule has 0 aliphatic heterocycles. The molecule has 0 aliphatic carbocycles. The number of ether oxygens (including phenoxy) is 1. The maximum atomic E-state index is 11.0. The highest BCUT2D eigenvalue weighted by molar-refractivity contribution is 6.32. The molecule has 116 valence electrons. The van der Waals surface area contributed by atoms with Crippen LogP contribution < -0.4 is 10.1 Å². The molecule has 7 heteroatoms. The van der Waals surface area contributed by atoms with Crippen LogP contribution in [-0.4, -0.2) is 17.1 Å². The van der Waals surface area contributed by atoms with Crippen LogP contribution in [0.5, 0.6) is 5.75 Å². The Kier molecular flexibility index (Phi) is 5.19. The van der Waals surface area contributed by atoms with Gasteiger partial charge in [-0.3, -0.25) is 10.1 Å². The minimum Gasteiger partial charge on any atom is -0.495 e. The van der Waals surface area contributed by atoms with Gasteiger partial charge in [-0.15, -0.1) is 0 Å². The molecular formula is C15H15ClN2O4. The molecule has 6 nitrogen and oxygen atoms in total. The standard InChI is InChI=1S/C15H15ClN2O4/c1-22-15-5-3-10(6-12(15)16)8-17-13-7-11(9-19)2-4-14(13)18(20)21/h2-7,17,19H,8-9H2,1H3. The number of nitro benzene ring substituents is 1. The fourth-order valence-electron chi connectivity index (χ4n) is 2.00. The molecule has 22 heavy (non-hydrogen) atoms. The number of anilines is 1. The van der Waals surface area contributed by atoms with E-state index >= 15 is 0 Å². The summed E-state index contributed by atoms with van der Waals surface area (Å²) < 4.78 is 5.07. The van der Waals surface area contributed by atoms with Crippen LogP contribution in [0.4, 0.5) is 11.4 Å². The fourth-order valence-corrected chi connectivity index (χ4v) is 2.28. The molecule has 0 aromatic heterocycles. The van der Waals surface area contributed by atoms with Crippen LogP contribution >= 0.6 is 11.6 Å². The summed E-state index contributed by atoms with van der Waals surface area (Å²) in [5, 5.41) is 23.6. The molecule has 0 spiro atoms. The Bertz CT molecular complexity index is 691. The van der Waals surface area contributed by atoms with Gasteiger partial charge in [0.15, 0.2) is 0 Å². The normalized spacial score (nSPS) is 10.3. The van der Waals surface area contributed by atoms with E-state index in [2.05, 4.69) is 5.32 Å². The molecule has 0 unspecified atom stereocenters. The molecular weight excluding hydrogens is 308 g/mol. The summed E-state index contributed by atoms with van der Waals surface area (Å²) in [4.78, 5) is 10.6. The summed E-state index contributed by atoms with van der Waals surface area (Å²) in [5.41, 5.74) is 1.76. The minimum absolute atomic E-state index is 0.0446. The molecule has 0 atom stereocenters. The second-order valence-corrected chi connectivity index (χ2v) is 5.00. The molecule has 2 N–H and O–H groups in total. The zero-order valence-electron chi connectivity index (χ0n) is 11.9. The second-order valence-electron chi connectivity index (χ2n) is 4.59. The van der Waals surface area contributed by atoms with Crippen LogP contribution in [0, 0.1) is 10.1 Å². The minimum atomic E-state index is -0.468. The van der Waals surface area contributed by atoms with Crippen molar-refractivity contribution in [1.82, 2.24) is 0 Å². The van der Waals surface area contributed by atoms with Crippen molar-refractivity contribution in [3.63, 3.8) is 0 Å². The number of hydrogen-bond acceptors (Lipinski definition) is 5. The highest BCUT2D eigenvalue weighted by Gasteiger charge is 2.14. The van der Waals surface area contributed by atoms with E-state index in [-0.39, 0.29) is 12.3 Å². The average Bonchev–Trinajstić information content (AvgIpc) is 2.52. The summed E-state index contributed by atoms with van der Waals surface area (Å²) in [6, 6.07) is 9.73. The van der Waals surface area contributed by atoms with E-state index in [1.54, 1.807) is 18.2 Å². The van der Waals surface area contributed by atoms with Crippen molar-refractivity contribution in [1.29, 1.82) is 0 Å². The predicted molar refractivity (Wildman–Crippen MR) is 84.3 cm³/mol. The number of aliphatic hydroxyl groups excluding tert-OH is 1. The third-order valence-electron chi connectivity index (χ3n) is 3.14. The van der Waals surface area contributed by atoms with Gasteiger partial charge in [0.1, 0.15) is 11.4 Å². The fraction of sp³-hybridized carbons (Fsp3) is 0.200. The molecule has 2 rings (SSSR count). The summed E-state index contributed by atoms with van der Waals surface area (Å²) >= 11 is 6.05. The summed E-state index contributed by atoms with van der Waals surface area (Å²) in [6.07, 6.45) is 0. The first kappa shape index (κ1) is 16.1. The Balaban J connectivity index is 2.20. The van der Waals surface area contributed by atoms with Crippen LogP contribution in [0.25, 0.3) is 0 Å². The number of halogens is 1. The lowest BCUT2D eigenvalue weighted by Crippen LogP contribution is -2.03. The van der Waals surface area contributed by atoms with Crippen LogP contribution in [-0.2, 0) is 13.2 Å². The molecule has 0 amide bonds. The average molecular weight is 323 g/mol. The molecule has 0 heterocycles. The van der Waals surface area contributed by atoms with Gasteiger partial charge in [0.05, 0.1) is 23.7 Å². The number of nitrogens with zero attached hydrogens (tertiary/aromatic N) is 1. The van der Waals surface area contributed by atoms with Gasteiger partial charge in [0.2, 0.25) is 0 Å². The van der Waals surface area contributed by atoms with Crippen molar-refractivity contribution in [3.05, 3.63) is 62.7 Å². The van der Waals surface area contributed by atoms with Gasteiger partial charge in [0.25, 0.3) is 5.69 Å². The molecule has 0 fully saturated rings. The molecule has 0 saturated carbocycles. The SMILES string of the molecule is COc1ccc(CNc2cc(CO)ccc2[N+](=O)[O-])cc1Cl. The Morgan fingerprint density at radius 3 is 2.59 bits per heavy atom. The van der Waals surface area contributed by atoms with Crippen molar-refractivity contribution < 1.29 is 14.8 Å². The number of benzene rings is 2. The molecule has 0 saturated heterocycles. The first-order valence-corrected chi connectivity index (χ1v) is 6.87.